The predicted octanol–water partition coefficient (Wildman–Crippen LogP) is 6.07. The van der Waals surface area contributed by atoms with Crippen molar-refractivity contribution in [3.63, 3.8) is 0 Å². The van der Waals surface area contributed by atoms with E-state index in [9.17, 15) is 0 Å². The smallest absolute Gasteiger partial charge is 0.0578 e. The summed E-state index contributed by atoms with van der Waals surface area (Å²) < 4.78 is 0. The van der Waals surface area contributed by atoms with Crippen LogP contribution >= 0.6 is 0 Å². The summed E-state index contributed by atoms with van der Waals surface area (Å²) in [5.74, 6) is 0. The van der Waals surface area contributed by atoms with Crippen LogP contribution in [0.25, 0.3) is 0 Å². The number of allylic oxidation sites excluding steroid dienone is 1. The van der Waals surface area contributed by atoms with Crippen molar-refractivity contribution in [3.8, 4) is 12.8 Å². The Hall–Kier alpha value is -2.63. The lowest BCUT2D eigenvalue weighted by Gasteiger charge is -2.23. The summed E-state index contributed by atoms with van der Waals surface area (Å²) in [4.78, 5) is 4.40. The van der Waals surface area contributed by atoms with Crippen molar-refractivity contribution < 1.29 is 0 Å². The van der Waals surface area contributed by atoms with Gasteiger partial charge >= 0.3 is 0 Å². The molecular weight excluding hydrogens is 328 g/mol. The molecule has 1 N–H and O–H groups in total. The van der Waals surface area contributed by atoms with Gasteiger partial charge in [0.2, 0.25) is 0 Å². The van der Waals surface area contributed by atoms with Gasteiger partial charge in [0.15, 0.2) is 0 Å². The first kappa shape index (κ1) is 24.4. The van der Waals surface area contributed by atoms with Gasteiger partial charge in [-0.05, 0) is 31.4 Å². The maximum atomic E-state index is 4.40. The van der Waals surface area contributed by atoms with Gasteiger partial charge in [-0.1, -0.05) is 86.7 Å². The molecule has 2 aromatic rings. The van der Waals surface area contributed by atoms with Gasteiger partial charge in [-0.15, -0.1) is 12.8 Å². The first-order valence-electron chi connectivity index (χ1n) is 9.60. The summed E-state index contributed by atoms with van der Waals surface area (Å²) in [6.07, 6.45) is 15.0. The van der Waals surface area contributed by atoms with E-state index in [1.165, 1.54) is 11.1 Å². The van der Waals surface area contributed by atoms with Crippen LogP contribution in [0.4, 0.5) is 0 Å². The van der Waals surface area contributed by atoms with Crippen LogP contribution in [-0.4, -0.2) is 18.8 Å². The molecule has 0 saturated carbocycles. The minimum absolute atomic E-state index is 0.205. The van der Waals surface area contributed by atoms with E-state index < -0.39 is 0 Å². The fourth-order valence-electron chi connectivity index (χ4n) is 2.50. The lowest BCUT2D eigenvalue weighted by molar-refractivity contribution is 0.512. The van der Waals surface area contributed by atoms with E-state index in [0.717, 1.165) is 13.0 Å². The lowest BCUT2D eigenvalue weighted by atomic mass is 9.97. The largest absolute Gasteiger partial charge is 0.303 e. The predicted molar refractivity (Wildman–Crippen MR) is 121 cm³/mol. The number of hydrogen-bond acceptors (Lipinski definition) is 2. The summed E-state index contributed by atoms with van der Waals surface area (Å²) in [6.45, 7) is 8.99. The highest BCUT2D eigenvalue weighted by Crippen LogP contribution is 2.22. The van der Waals surface area contributed by atoms with Gasteiger partial charge in [0, 0.05) is 12.3 Å². The highest BCUT2D eigenvalue weighted by Gasteiger charge is 2.15. The Morgan fingerprint density at radius 1 is 0.926 bits per heavy atom. The van der Waals surface area contributed by atoms with Crippen LogP contribution in [0.2, 0.25) is 0 Å². The molecule has 1 atom stereocenters. The maximum Gasteiger partial charge on any atom is 0.0578 e. The molecule has 0 saturated heterocycles. The van der Waals surface area contributed by atoms with E-state index in [1.54, 1.807) is 0 Å². The van der Waals surface area contributed by atoms with Gasteiger partial charge in [-0.2, -0.15) is 0 Å². The van der Waals surface area contributed by atoms with E-state index in [0.29, 0.717) is 6.04 Å². The summed E-state index contributed by atoms with van der Waals surface area (Å²) >= 11 is 0. The normalized spacial score (nSPS) is 11.5. The molecule has 0 aliphatic heterocycles. The molecule has 0 amide bonds. The average molecular weight is 363 g/mol. The van der Waals surface area contributed by atoms with Gasteiger partial charge in [0.25, 0.3) is 0 Å². The zero-order chi connectivity index (χ0) is 20.3. The molecule has 27 heavy (non-hydrogen) atoms. The average Bonchev–Trinajstić information content (AvgIpc) is 2.76. The first-order chi connectivity index (χ1) is 13.3. The number of nitrogens with zero attached hydrogens (tertiary/aromatic N) is 1. The second kappa shape index (κ2) is 16.8. The maximum absolute atomic E-state index is 4.40. The van der Waals surface area contributed by atoms with Crippen molar-refractivity contribution >= 4 is 6.21 Å². The Balaban J connectivity index is 0.00000158. The van der Waals surface area contributed by atoms with E-state index in [-0.39, 0.29) is 6.04 Å². The Morgan fingerprint density at radius 3 is 1.85 bits per heavy atom. The third-order valence-corrected chi connectivity index (χ3v) is 3.75. The zero-order valence-electron chi connectivity index (χ0n) is 17.2. The van der Waals surface area contributed by atoms with Crippen molar-refractivity contribution in [3.05, 3.63) is 83.9 Å². The molecule has 2 nitrogen and oxygen atoms in total. The standard InChI is InChI=1S/C21H26N2.C2H6.C2H2/c1-3-4-16-22-17-15-18(2)23-21(19-11-7-5-8-12-19)20-13-9-6-10-14-20;2*1-2/h3-14,17-18,21,23H,15-16H2,1-2H3;1-2H3;1-2H/b4-3-,22-17?;;. The molecule has 2 rings (SSSR count). The summed E-state index contributed by atoms with van der Waals surface area (Å²) in [5, 5.41) is 3.73. The minimum Gasteiger partial charge on any atom is -0.303 e. The topological polar surface area (TPSA) is 24.4 Å². The van der Waals surface area contributed by atoms with Crippen LogP contribution in [0.3, 0.4) is 0 Å². The minimum atomic E-state index is 0.205. The Labute approximate surface area is 166 Å². The van der Waals surface area contributed by atoms with Crippen LogP contribution in [0.5, 0.6) is 0 Å². The molecule has 0 aromatic heterocycles. The number of rotatable bonds is 8. The van der Waals surface area contributed by atoms with Crippen molar-refractivity contribution in [1.82, 2.24) is 5.32 Å². The zero-order valence-corrected chi connectivity index (χ0v) is 17.2. The van der Waals surface area contributed by atoms with Crippen molar-refractivity contribution in [2.75, 3.05) is 6.54 Å². The van der Waals surface area contributed by atoms with Crippen LogP contribution in [0.1, 0.15) is 51.3 Å². The second-order valence-corrected chi connectivity index (χ2v) is 5.67. The summed E-state index contributed by atoms with van der Waals surface area (Å²) in [5.41, 5.74) is 2.58. The molecule has 0 aliphatic rings. The quantitative estimate of drug-likeness (QED) is 0.344. The Kier molecular flexibility index (Phi) is 15.2. The fourth-order valence-corrected chi connectivity index (χ4v) is 2.50. The monoisotopic (exact) mass is 362 g/mol. The number of terminal acetylenes is 1. The fraction of sp³-hybridized carbons (Fsp3) is 0.320. The number of benzene rings is 2. The summed E-state index contributed by atoms with van der Waals surface area (Å²) in [6, 6.07) is 21.8. The summed E-state index contributed by atoms with van der Waals surface area (Å²) in [7, 11) is 0. The SMILES string of the molecule is C#C.C/C=C\CN=CCC(C)NC(c1ccccc1)c1ccccc1.CC. The van der Waals surface area contributed by atoms with Crippen molar-refractivity contribution in [2.24, 2.45) is 4.99 Å². The van der Waals surface area contributed by atoms with Gasteiger partial charge in [-0.25, -0.2) is 0 Å². The number of aliphatic imine (C=N–C) groups is 1. The van der Waals surface area contributed by atoms with Crippen molar-refractivity contribution in [2.45, 2.75) is 46.2 Å². The van der Waals surface area contributed by atoms with Gasteiger partial charge < -0.3 is 5.32 Å². The van der Waals surface area contributed by atoms with E-state index in [1.807, 2.05) is 33.1 Å². The number of nitrogens with one attached hydrogen (secondary N) is 1. The van der Waals surface area contributed by atoms with Crippen LogP contribution in [-0.2, 0) is 0 Å². The molecule has 2 aromatic carbocycles. The molecular formula is C25H34N2. The van der Waals surface area contributed by atoms with E-state index >= 15 is 0 Å². The molecule has 0 heterocycles. The van der Waals surface area contributed by atoms with E-state index in [4.69, 9.17) is 0 Å². The Morgan fingerprint density at radius 2 is 1.41 bits per heavy atom. The number of hydrogen-bond donors (Lipinski definition) is 1. The van der Waals surface area contributed by atoms with Crippen LogP contribution in [0.15, 0.2) is 77.8 Å². The van der Waals surface area contributed by atoms with Gasteiger partial charge in [0.1, 0.15) is 0 Å². The first-order valence-corrected chi connectivity index (χ1v) is 9.60. The lowest BCUT2D eigenvalue weighted by Crippen LogP contribution is -2.31. The van der Waals surface area contributed by atoms with Gasteiger partial charge in [0.05, 0.1) is 12.6 Å². The Bertz CT molecular complexity index is 602. The molecule has 1 unspecified atom stereocenters. The molecule has 2 heteroatoms. The third-order valence-electron chi connectivity index (χ3n) is 3.75. The third kappa shape index (κ3) is 10.2. The van der Waals surface area contributed by atoms with Crippen LogP contribution < -0.4 is 5.32 Å². The van der Waals surface area contributed by atoms with Gasteiger partial charge in [-0.3, -0.25) is 4.99 Å². The molecule has 0 spiro atoms. The van der Waals surface area contributed by atoms with Crippen LogP contribution in [0, 0.1) is 12.8 Å². The van der Waals surface area contributed by atoms with Crippen molar-refractivity contribution in [1.29, 1.82) is 0 Å². The molecule has 0 bridgehead atoms. The molecule has 0 fully saturated rings. The highest BCUT2D eigenvalue weighted by molar-refractivity contribution is 5.58. The highest BCUT2D eigenvalue weighted by atomic mass is 14.9. The molecule has 0 radical (unpaired) electrons. The molecule has 0 aliphatic carbocycles. The molecule has 144 valence electrons. The second-order valence-electron chi connectivity index (χ2n) is 5.67. The van der Waals surface area contributed by atoms with E-state index in [2.05, 4.69) is 96.8 Å².